The number of benzene rings is 3. The summed E-state index contributed by atoms with van der Waals surface area (Å²) in [5.41, 5.74) is 7.23. The first kappa shape index (κ1) is 26.0. The van der Waals surface area contributed by atoms with Crippen LogP contribution in [0.2, 0.25) is 0 Å². The van der Waals surface area contributed by atoms with Crippen molar-refractivity contribution in [2.75, 3.05) is 6.61 Å². The van der Waals surface area contributed by atoms with E-state index in [-0.39, 0.29) is 5.69 Å². The van der Waals surface area contributed by atoms with Gasteiger partial charge >= 0.3 is 5.97 Å². The van der Waals surface area contributed by atoms with Gasteiger partial charge in [-0.05, 0) is 42.8 Å². The summed E-state index contributed by atoms with van der Waals surface area (Å²) >= 11 is 0. The Labute approximate surface area is 242 Å². The molecular weight excluding hydrogens is 528 g/mol. The van der Waals surface area contributed by atoms with Gasteiger partial charge in [0.15, 0.2) is 0 Å². The number of aromatic amines is 1. The van der Waals surface area contributed by atoms with E-state index in [0.717, 1.165) is 66.8 Å². The van der Waals surface area contributed by atoms with Crippen LogP contribution in [0.25, 0.3) is 32.8 Å². The lowest BCUT2D eigenvalue weighted by Crippen LogP contribution is -2.14. The summed E-state index contributed by atoms with van der Waals surface area (Å²) in [5, 5.41) is 21.4. The first-order valence-corrected chi connectivity index (χ1v) is 14.1. The normalized spacial score (nSPS) is 13.0. The van der Waals surface area contributed by atoms with Crippen LogP contribution in [-0.2, 0) is 30.9 Å². The summed E-state index contributed by atoms with van der Waals surface area (Å²) < 4.78 is 14.2. The zero-order valence-corrected chi connectivity index (χ0v) is 23.3. The van der Waals surface area contributed by atoms with Gasteiger partial charge < -0.3 is 19.1 Å². The van der Waals surface area contributed by atoms with E-state index in [9.17, 15) is 9.90 Å². The number of aryl methyl sites for hydroxylation is 2. The number of aromatic nitrogens is 4. The van der Waals surface area contributed by atoms with Crippen LogP contribution in [0, 0.1) is 6.92 Å². The third-order valence-electron chi connectivity index (χ3n) is 8.05. The third kappa shape index (κ3) is 4.50. The molecule has 0 atom stereocenters. The van der Waals surface area contributed by atoms with Crippen molar-refractivity contribution < 1.29 is 19.4 Å². The molecule has 8 nitrogen and oxygen atoms in total. The van der Waals surface area contributed by atoms with Gasteiger partial charge in [0.1, 0.15) is 11.4 Å². The minimum absolute atomic E-state index is 0.280. The highest BCUT2D eigenvalue weighted by Crippen LogP contribution is 2.39. The van der Waals surface area contributed by atoms with E-state index in [0.29, 0.717) is 39.2 Å². The van der Waals surface area contributed by atoms with Crippen molar-refractivity contribution in [2.24, 2.45) is 0 Å². The molecule has 0 spiro atoms. The molecule has 2 N–H and O–H groups in total. The fourth-order valence-corrected chi connectivity index (χ4v) is 6.18. The Morgan fingerprint density at radius 2 is 1.83 bits per heavy atom. The average Bonchev–Trinajstić information content (AvgIpc) is 3.52. The summed E-state index contributed by atoms with van der Waals surface area (Å²) in [7, 11) is 0. The number of pyridine rings is 1. The number of fused-ring (bicyclic) bond motifs is 4. The van der Waals surface area contributed by atoms with Gasteiger partial charge in [0.05, 0.1) is 43.3 Å². The number of H-pyrrole nitrogens is 1. The average molecular weight is 559 g/mol. The lowest BCUT2D eigenvalue weighted by Gasteiger charge is -2.13. The number of para-hydroxylation sites is 1. The predicted molar refractivity (Wildman–Crippen MR) is 161 cm³/mol. The van der Waals surface area contributed by atoms with E-state index < -0.39 is 5.97 Å². The second-order valence-corrected chi connectivity index (χ2v) is 10.6. The fourth-order valence-electron chi connectivity index (χ4n) is 6.18. The minimum atomic E-state index is -0.963. The van der Waals surface area contributed by atoms with Crippen molar-refractivity contribution in [3.63, 3.8) is 0 Å². The topological polar surface area (TPSA) is 102 Å². The maximum Gasteiger partial charge on any atom is 0.352 e. The molecule has 0 aliphatic carbocycles. The molecule has 4 heterocycles. The van der Waals surface area contributed by atoms with Crippen LogP contribution in [0.5, 0.6) is 5.75 Å². The highest BCUT2D eigenvalue weighted by Gasteiger charge is 2.27. The molecule has 42 heavy (non-hydrogen) atoms. The SMILES string of the molecule is Cc1[nH]nc2c1-c1cccc3c(CCCOc4cccc5ccccc45)c(C(=O)O)n(c13)Cc1ncccc1COC2. The highest BCUT2D eigenvalue weighted by molar-refractivity contribution is 6.04. The minimum Gasteiger partial charge on any atom is -0.493 e. The Bertz CT molecular complexity index is 1950. The largest absolute Gasteiger partial charge is 0.493 e. The smallest absolute Gasteiger partial charge is 0.352 e. The number of hydrogen-bond donors (Lipinski definition) is 2. The van der Waals surface area contributed by atoms with Crippen molar-refractivity contribution in [1.29, 1.82) is 0 Å². The Morgan fingerprint density at radius 3 is 2.74 bits per heavy atom. The van der Waals surface area contributed by atoms with E-state index in [1.165, 1.54) is 0 Å². The van der Waals surface area contributed by atoms with Crippen LogP contribution in [0.4, 0.5) is 0 Å². The number of ether oxygens (including phenoxy) is 2. The van der Waals surface area contributed by atoms with Gasteiger partial charge in [0, 0.05) is 39.4 Å². The molecule has 0 radical (unpaired) electrons. The van der Waals surface area contributed by atoms with Crippen LogP contribution in [0.1, 0.15) is 45.1 Å². The van der Waals surface area contributed by atoms with Crippen molar-refractivity contribution in [2.45, 2.75) is 39.5 Å². The molecule has 6 aromatic rings. The van der Waals surface area contributed by atoms with E-state index >= 15 is 0 Å². The molecule has 0 fully saturated rings. The van der Waals surface area contributed by atoms with Gasteiger partial charge in [-0.15, -0.1) is 0 Å². The zero-order chi connectivity index (χ0) is 28.6. The summed E-state index contributed by atoms with van der Waals surface area (Å²) in [6, 6.07) is 24.1. The second-order valence-electron chi connectivity index (χ2n) is 10.6. The second kappa shape index (κ2) is 10.8. The van der Waals surface area contributed by atoms with E-state index in [2.05, 4.69) is 33.4 Å². The predicted octanol–water partition coefficient (Wildman–Crippen LogP) is 6.68. The number of carboxylic acids is 1. The quantitative estimate of drug-likeness (QED) is 0.221. The Morgan fingerprint density at radius 1 is 1.00 bits per heavy atom. The van der Waals surface area contributed by atoms with Gasteiger partial charge in [-0.3, -0.25) is 10.1 Å². The highest BCUT2D eigenvalue weighted by atomic mass is 16.5. The van der Waals surface area contributed by atoms with Gasteiger partial charge in [0.25, 0.3) is 0 Å². The molecule has 0 bridgehead atoms. The van der Waals surface area contributed by atoms with Crippen molar-refractivity contribution in [1.82, 2.24) is 19.7 Å². The number of rotatable bonds is 6. The number of aromatic carboxylic acids is 1. The summed E-state index contributed by atoms with van der Waals surface area (Å²) in [6.45, 7) is 3.45. The van der Waals surface area contributed by atoms with Crippen LogP contribution >= 0.6 is 0 Å². The first-order valence-electron chi connectivity index (χ1n) is 14.1. The molecule has 210 valence electrons. The molecule has 0 amide bonds. The van der Waals surface area contributed by atoms with Crippen LogP contribution in [-0.4, -0.2) is 37.4 Å². The van der Waals surface area contributed by atoms with Crippen molar-refractivity contribution in [3.8, 4) is 16.9 Å². The lowest BCUT2D eigenvalue weighted by atomic mass is 9.98. The summed E-state index contributed by atoms with van der Waals surface area (Å²) in [5.74, 6) is -0.131. The van der Waals surface area contributed by atoms with Crippen molar-refractivity contribution in [3.05, 3.63) is 113 Å². The number of nitrogens with zero attached hydrogens (tertiary/aromatic N) is 3. The van der Waals surface area contributed by atoms with E-state index in [4.69, 9.17) is 9.47 Å². The first-order chi connectivity index (χ1) is 20.6. The maximum absolute atomic E-state index is 13.0. The Balaban J connectivity index is 1.32. The van der Waals surface area contributed by atoms with E-state index in [1.54, 1.807) is 6.20 Å². The molecule has 8 heteroatoms. The molecule has 0 saturated heterocycles. The number of carbonyl (C=O) groups is 1. The van der Waals surface area contributed by atoms with Gasteiger partial charge in [-0.25, -0.2) is 4.79 Å². The third-order valence-corrected chi connectivity index (χ3v) is 8.05. The standard InChI is InChI=1S/C34H30N4O4/c1-21-31-27-13-5-12-25-26(14-7-17-42-30-15-4-9-22-8-2-3-11-24(22)30)33(34(39)40)38(32(25)27)18-28-23(10-6-16-35-28)19-41-20-29(31)37-36-21/h2-6,8-13,15-16H,7,14,17-20H2,1H3,(H,36,37)(H,39,40). The molecule has 1 aliphatic rings. The lowest BCUT2D eigenvalue weighted by molar-refractivity contribution is 0.0684. The monoisotopic (exact) mass is 558 g/mol. The van der Waals surface area contributed by atoms with Crippen molar-refractivity contribution >= 4 is 27.6 Å². The molecular formula is C34H30N4O4. The zero-order valence-electron chi connectivity index (χ0n) is 23.3. The molecule has 3 aromatic heterocycles. The fraction of sp³-hybridized carbons (Fsp3) is 0.206. The van der Waals surface area contributed by atoms with Gasteiger partial charge in [-0.1, -0.05) is 60.7 Å². The molecule has 3 aromatic carbocycles. The van der Waals surface area contributed by atoms with Crippen LogP contribution in [0.15, 0.2) is 79.0 Å². The number of carboxylic acid groups (broad SMARTS) is 1. The van der Waals surface area contributed by atoms with E-state index in [1.807, 2.05) is 66.1 Å². The van der Waals surface area contributed by atoms with Crippen LogP contribution in [0.3, 0.4) is 0 Å². The molecule has 0 unspecified atom stereocenters. The van der Waals surface area contributed by atoms with Gasteiger partial charge in [-0.2, -0.15) is 5.10 Å². The van der Waals surface area contributed by atoms with Gasteiger partial charge in [0.2, 0.25) is 0 Å². The number of hydrogen-bond acceptors (Lipinski definition) is 5. The number of nitrogens with one attached hydrogen (secondary N) is 1. The molecule has 0 saturated carbocycles. The molecule has 7 rings (SSSR count). The maximum atomic E-state index is 13.0. The Hall–Kier alpha value is -4.95. The Kier molecular flexibility index (Phi) is 6.68. The van der Waals surface area contributed by atoms with Crippen LogP contribution < -0.4 is 4.74 Å². The summed E-state index contributed by atoms with van der Waals surface area (Å²) in [6.07, 6.45) is 2.95. The molecule has 1 aliphatic heterocycles. The summed E-state index contributed by atoms with van der Waals surface area (Å²) in [4.78, 5) is 17.6.